The van der Waals surface area contributed by atoms with Gasteiger partial charge in [-0.2, -0.15) is 5.26 Å². The first-order chi connectivity index (χ1) is 7.38. The summed E-state index contributed by atoms with van der Waals surface area (Å²) < 4.78 is 1.74. The molecule has 1 aliphatic carbocycles. The monoisotopic (exact) mass is 202 g/mol. The minimum Gasteiger partial charge on any atom is -0.251 e. The van der Waals surface area contributed by atoms with Gasteiger partial charge in [-0.15, -0.1) is 5.10 Å². The van der Waals surface area contributed by atoms with Crippen molar-refractivity contribution in [2.24, 2.45) is 0 Å². The van der Waals surface area contributed by atoms with Crippen molar-refractivity contribution in [3.05, 3.63) is 23.8 Å². The largest absolute Gasteiger partial charge is 0.252 e. The third-order valence-electron chi connectivity index (χ3n) is 2.68. The molecule has 0 saturated heterocycles. The Balaban J connectivity index is 1.87. The molecule has 4 nitrogen and oxygen atoms in total. The van der Waals surface area contributed by atoms with E-state index >= 15 is 0 Å². The molecule has 0 radical (unpaired) electrons. The van der Waals surface area contributed by atoms with Gasteiger partial charge in [0.05, 0.1) is 0 Å². The van der Waals surface area contributed by atoms with Crippen molar-refractivity contribution in [3.63, 3.8) is 0 Å². The second kappa shape index (κ2) is 4.74. The number of aromatic nitrogens is 3. The fourth-order valence-corrected chi connectivity index (χ4v) is 1.84. The van der Waals surface area contributed by atoms with Crippen LogP contribution < -0.4 is 0 Å². The number of allylic oxidation sites excluding steroid dienone is 2. The van der Waals surface area contributed by atoms with Crippen LogP contribution >= 0.6 is 0 Å². The maximum Gasteiger partial charge on any atom is 0.252 e. The van der Waals surface area contributed by atoms with Gasteiger partial charge in [-0.1, -0.05) is 11.6 Å². The summed E-state index contributed by atoms with van der Waals surface area (Å²) in [5.41, 5.74) is 1.52. The average Bonchev–Trinajstić information content (AvgIpc) is 2.76. The first kappa shape index (κ1) is 9.91. The molecule has 0 spiro atoms. The quantitative estimate of drug-likeness (QED) is 0.705. The van der Waals surface area contributed by atoms with Gasteiger partial charge in [-0.25, -0.2) is 4.98 Å². The van der Waals surface area contributed by atoms with E-state index < -0.39 is 0 Å². The highest BCUT2D eigenvalue weighted by atomic mass is 15.3. The van der Waals surface area contributed by atoms with E-state index in [0.717, 1.165) is 13.0 Å². The molecule has 78 valence electrons. The highest BCUT2D eigenvalue weighted by Crippen LogP contribution is 2.20. The Kier molecular flexibility index (Phi) is 3.13. The van der Waals surface area contributed by atoms with Crippen molar-refractivity contribution in [2.45, 2.75) is 38.6 Å². The van der Waals surface area contributed by atoms with Gasteiger partial charge in [0.25, 0.3) is 5.82 Å². The Bertz CT molecular complexity index is 397. The number of nitrogens with zero attached hydrogens (tertiary/aromatic N) is 4. The first-order valence-electron chi connectivity index (χ1n) is 5.36. The SMILES string of the molecule is N#Cc1ncn(CCC2=CCCCC2)n1. The first-order valence-corrected chi connectivity index (χ1v) is 5.36. The van der Waals surface area contributed by atoms with Crippen molar-refractivity contribution < 1.29 is 0 Å². The third kappa shape index (κ3) is 2.66. The highest BCUT2D eigenvalue weighted by molar-refractivity contribution is 5.06. The summed E-state index contributed by atoms with van der Waals surface area (Å²) in [6.07, 6.45) is 10.1. The lowest BCUT2D eigenvalue weighted by Gasteiger charge is -2.11. The van der Waals surface area contributed by atoms with Crippen LogP contribution in [0.5, 0.6) is 0 Å². The van der Waals surface area contributed by atoms with Crippen LogP contribution in [0.1, 0.15) is 37.9 Å². The summed E-state index contributed by atoms with van der Waals surface area (Å²) in [5, 5.41) is 12.6. The molecule has 0 saturated carbocycles. The molecular weight excluding hydrogens is 188 g/mol. The molecule has 4 heteroatoms. The van der Waals surface area contributed by atoms with Gasteiger partial charge < -0.3 is 0 Å². The third-order valence-corrected chi connectivity index (χ3v) is 2.68. The molecule has 1 aromatic heterocycles. The lowest BCUT2D eigenvalue weighted by Crippen LogP contribution is -2.02. The van der Waals surface area contributed by atoms with Gasteiger partial charge >= 0.3 is 0 Å². The summed E-state index contributed by atoms with van der Waals surface area (Å²) in [4.78, 5) is 3.87. The lowest BCUT2D eigenvalue weighted by atomic mass is 9.97. The summed E-state index contributed by atoms with van der Waals surface area (Å²) in [5.74, 6) is 0.257. The maximum absolute atomic E-state index is 8.57. The van der Waals surface area contributed by atoms with E-state index in [1.54, 1.807) is 11.0 Å². The van der Waals surface area contributed by atoms with Gasteiger partial charge in [0.2, 0.25) is 0 Å². The minimum atomic E-state index is 0.257. The van der Waals surface area contributed by atoms with Crippen LogP contribution in [0.25, 0.3) is 0 Å². The summed E-state index contributed by atoms with van der Waals surface area (Å²) in [6, 6.07) is 1.93. The number of nitriles is 1. The van der Waals surface area contributed by atoms with Crippen molar-refractivity contribution >= 4 is 0 Å². The zero-order valence-corrected chi connectivity index (χ0v) is 8.69. The standard InChI is InChI=1S/C11H14N4/c12-8-11-13-9-15(14-11)7-6-10-4-2-1-3-5-10/h4,9H,1-3,5-7H2. The predicted molar refractivity (Wildman–Crippen MR) is 55.9 cm³/mol. The molecule has 0 fully saturated rings. The molecule has 1 aromatic rings. The maximum atomic E-state index is 8.57. The van der Waals surface area contributed by atoms with E-state index in [9.17, 15) is 0 Å². The Morgan fingerprint density at radius 1 is 1.47 bits per heavy atom. The topological polar surface area (TPSA) is 54.5 Å². The van der Waals surface area contributed by atoms with Crippen LogP contribution in [0.3, 0.4) is 0 Å². The van der Waals surface area contributed by atoms with Crippen molar-refractivity contribution in [1.82, 2.24) is 14.8 Å². The molecular formula is C11H14N4. The van der Waals surface area contributed by atoms with Gasteiger partial charge in [-0.3, -0.25) is 4.68 Å². The van der Waals surface area contributed by atoms with Gasteiger partial charge in [-0.05, 0) is 32.1 Å². The molecule has 0 amide bonds. The number of aryl methyl sites for hydroxylation is 1. The second-order valence-electron chi connectivity index (χ2n) is 3.80. The lowest BCUT2D eigenvalue weighted by molar-refractivity contribution is 0.580. The average molecular weight is 202 g/mol. The van der Waals surface area contributed by atoms with E-state index in [1.165, 1.54) is 31.3 Å². The smallest absolute Gasteiger partial charge is 0.251 e. The molecule has 2 rings (SSSR count). The number of hydrogen-bond acceptors (Lipinski definition) is 3. The van der Waals surface area contributed by atoms with E-state index in [-0.39, 0.29) is 5.82 Å². The van der Waals surface area contributed by atoms with Crippen LogP contribution in [0.4, 0.5) is 0 Å². The van der Waals surface area contributed by atoms with Crippen molar-refractivity contribution in [2.75, 3.05) is 0 Å². The van der Waals surface area contributed by atoms with Crippen molar-refractivity contribution in [1.29, 1.82) is 5.26 Å². The van der Waals surface area contributed by atoms with Gasteiger partial charge in [0.1, 0.15) is 12.4 Å². The van der Waals surface area contributed by atoms with Crippen LogP contribution in [0.15, 0.2) is 18.0 Å². The van der Waals surface area contributed by atoms with Crippen LogP contribution in [0, 0.1) is 11.3 Å². The highest BCUT2D eigenvalue weighted by Gasteiger charge is 2.04. The zero-order chi connectivity index (χ0) is 10.5. The second-order valence-corrected chi connectivity index (χ2v) is 3.80. The summed E-state index contributed by atoms with van der Waals surface area (Å²) >= 11 is 0. The fourth-order valence-electron chi connectivity index (χ4n) is 1.84. The molecule has 0 N–H and O–H groups in total. The van der Waals surface area contributed by atoms with Gasteiger partial charge in [0, 0.05) is 6.54 Å². The van der Waals surface area contributed by atoms with Crippen molar-refractivity contribution in [3.8, 4) is 6.07 Å². The van der Waals surface area contributed by atoms with E-state index in [4.69, 9.17) is 5.26 Å². The minimum absolute atomic E-state index is 0.257. The van der Waals surface area contributed by atoms with Crippen LogP contribution in [-0.4, -0.2) is 14.8 Å². The van der Waals surface area contributed by atoms with E-state index in [1.807, 2.05) is 6.07 Å². The molecule has 1 heterocycles. The zero-order valence-electron chi connectivity index (χ0n) is 8.69. The van der Waals surface area contributed by atoms with Crippen LogP contribution in [0.2, 0.25) is 0 Å². The predicted octanol–water partition coefficient (Wildman–Crippen LogP) is 2.04. The summed E-state index contributed by atoms with van der Waals surface area (Å²) in [6.45, 7) is 0.834. The number of hydrogen-bond donors (Lipinski definition) is 0. The van der Waals surface area contributed by atoms with E-state index in [0.29, 0.717) is 0 Å². The fraction of sp³-hybridized carbons (Fsp3) is 0.545. The molecule has 15 heavy (non-hydrogen) atoms. The Hall–Kier alpha value is -1.63. The Labute approximate surface area is 89.2 Å². The molecule has 1 aliphatic rings. The van der Waals surface area contributed by atoms with Gasteiger partial charge in [0.15, 0.2) is 0 Å². The molecule has 0 aromatic carbocycles. The van der Waals surface area contributed by atoms with E-state index in [2.05, 4.69) is 16.2 Å². The Morgan fingerprint density at radius 3 is 3.07 bits per heavy atom. The molecule has 0 bridgehead atoms. The molecule has 0 atom stereocenters. The Morgan fingerprint density at radius 2 is 2.40 bits per heavy atom. The van der Waals surface area contributed by atoms with Crippen LogP contribution in [-0.2, 0) is 6.54 Å². The normalized spacial score (nSPS) is 15.8. The molecule has 0 unspecified atom stereocenters. The molecule has 0 aliphatic heterocycles. The summed E-state index contributed by atoms with van der Waals surface area (Å²) in [7, 11) is 0. The number of rotatable bonds is 3.